The summed E-state index contributed by atoms with van der Waals surface area (Å²) in [5.41, 5.74) is -1.79. The molecule has 0 bridgehead atoms. The largest absolute Gasteiger partial charge is 0.480 e. The topological polar surface area (TPSA) is 131 Å². The Hall–Kier alpha value is -4.25. The molecular weight excluding hydrogens is 523 g/mol. The summed E-state index contributed by atoms with van der Waals surface area (Å²) in [7, 11) is 0. The van der Waals surface area contributed by atoms with Gasteiger partial charge in [-0.3, -0.25) is 14.4 Å². The number of para-hydroxylation sites is 1. The number of likely N-dealkylation sites (tertiary alicyclic amines) is 1. The van der Waals surface area contributed by atoms with Crippen LogP contribution in [0.1, 0.15) is 36.5 Å². The number of carboxylic acid groups (broad SMARTS) is 1. The number of esters is 1. The maximum absolute atomic E-state index is 15.4. The van der Waals surface area contributed by atoms with Crippen molar-refractivity contribution in [1.82, 2.24) is 10.2 Å². The van der Waals surface area contributed by atoms with Crippen LogP contribution in [0, 0.1) is 0 Å². The number of nitrogens with one attached hydrogen (secondary N) is 1. The van der Waals surface area contributed by atoms with Crippen LogP contribution in [0.2, 0.25) is 0 Å². The minimum atomic E-state index is -2.06. The number of carboxylic acids is 1. The molecule has 1 aliphatic heterocycles. The van der Waals surface area contributed by atoms with Crippen molar-refractivity contribution in [3.05, 3.63) is 72.3 Å². The summed E-state index contributed by atoms with van der Waals surface area (Å²) in [5, 5.41) is 12.0. The molecule has 1 fully saturated rings. The van der Waals surface area contributed by atoms with Crippen molar-refractivity contribution in [2.45, 2.75) is 37.9 Å². The van der Waals surface area contributed by atoms with Crippen LogP contribution in [-0.2, 0) is 23.9 Å². The van der Waals surface area contributed by atoms with Crippen LogP contribution in [-0.4, -0.2) is 78.4 Å². The predicted octanol–water partition coefficient (Wildman–Crippen LogP) is 3.52. The quantitative estimate of drug-likeness (QED) is 0.205. The van der Waals surface area contributed by atoms with Gasteiger partial charge in [-0.05, 0) is 49.7 Å². The van der Waals surface area contributed by atoms with Crippen LogP contribution in [0.3, 0.4) is 0 Å². The number of rotatable bonds is 14. The Bertz CT molecular complexity index is 1190. The molecular formula is C29H33FN2O8. The van der Waals surface area contributed by atoms with Crippen molar-refractivity contribution in [2.75, 3.05) is 32.9 Å². The number of hydrogen-bond acceptors (Lipinski definition) is 7. The number of carbonyl (C=O) groups excluding carboxylic acids is 3. The van der Waals surface area contributed by atoms with E-state index < -0.39 is 55.6 Å². The van der Waals surface area contributed by atoms with E-state index in [4.69, 9.17) is 14.2 Å². The van der Waals surface area contributed by atoms with Gasteiger partial charge in [0.25, 0.3) is 5.91 Å². The molecule has 1 aliphatic rings. The van der Waals surface area contributed by atoms with Crippen molar-refractivity contribution >= 4 is 23.8 Å². The number of benzene rings is 2. The molecule has 0 spiro atoms. The van der Waals surface area contributed by atoms with E-state index >= 15 is 4.39 Å². The van der Waals surface area contributed by atoms with E-state index in [1.807, 2.05) is 18.2 Å². The Kier molecular flexibility index (Phi) is 11.2. The summed E-state index contributed by atoms with van der Waals surface area (Å²) in [6.45, 7) is 0.715. The van der Waals surface area contributed by atoms with Crippen molar-refractivity contribution in [2.24, 2.45) is 0 Å². The molecule has 2 N–H and O–H groups in total. The molecule has 10 nitrogen and oxygen atoms in total. The van der Waals surface area contributed by atoms with Gasteiger partial charge in [0.2, 0.25) is 5.91 Å². The number of hydrogen-bond donors (Lipinski definition) is 2. The van der Waals surface area contributed by atoms with E-state index in [-0.39, 0.29) is 24.6 Å². The van der Waals surface area contributed by atoms with Gasteiger partial charge in [0.15, 0.2) is 5.67 Å². The van der Waals surface area contributed by atoms with Crippen LogP contribution in [0.4, 0.5) is 4.39 Å². The van der Waals surface area contributed by atoms with Crippen molar-refractivity contribution < 1.29 is 42.9 Å². The third-order valence-corrected chi connectivity index (χ3v) is 6.05. The van der Waals surface area contributed by atoms with Crippen molar-refractivity contribution in [3.8, 4) is 11.5 Å². The summed E-state index contributed by atoms with van der Waals surface area (Å²) in [5.74, 6) is -1.76. The van der Waals surface area contributed by atoms with Crippen molar-refractivity contribution in [3.63, 3.8) is 0 Å². The number of ether oxygens (including phenoxy) is 3. The van der Waals surface area contributed by atoms with Crippen LogP contribution in [0.15, 0.2) is 66.7 Å². The van der Waals surface area contributed by atoms with E-state index in [0.29, 0.717) is 24.5 Å². The van der Waals surface area contributed by atoms with E-state index in [9.17, 15) is 24.3 Å². The second-order valence-corrected chi connectivity index (χ2v) is 9.18. The zero-order valence-corrected chi connectivity index (χ0v) is 22.2. The zero-order valence-electron chi connectivity index (χ0n) is 22.2. The highest BCUT2D eigenvalue weighted by Gasteiger charge is 2.49. The van der Waals surface area contributed by atoms with Crippen LogP contribution in [0.25, 0.3) is 0 Å². The molecule has 0 radical (unpaired) electrons. The van der Waals surface area contributed by atoms with Crippen LogP contribution < -0.4 is 10.1 Å². The number of halogens is 1. The molecule has 0 aliphatic carbocycles. The Morgan fingerprint density at radius 2 is 1.77 bits per heavy atom. The predicted molar refractivity (Wildman–Crippen MR) is 143 cm³/mol. The van der Waals surface area contributed by atoms with E-state index in [2.05, 4.69) is 5.32 Å². The number of allylic oxidation sites excluding steroid dienone is 1. The molecule has 11 heteroatoms. The molecule has 2 atom stereocenters. The molecule has 1 saturated heterocycles. The maximum Gasteiger partial charge on any atom is 0.326 e. The molecule has 214 valence electrons. The molecule has 2 aromatic rings. The molecule has 2 aromatic carbocycles. The van der Waals surface area contributed by atoms with E-state index in [1.54, 1.807) is 43.3 Å². The summed E-state index contributed by atoms with van der Waals surface area (Å²) in [4.78, 5) is 49.2. The molecule has 2 amide bonds. The first-order chi connectivity index (χ1) is 19.2. The van der Waals surface area contributed by atoms with E-state index in [1.165, 1.54) is 12.1 Å². The Morgan fingerprint density at radius 3 is 2.45 bits per heavy atom. The molecule has 1 heterocycles. The van der Waals surface area contributed by atoms with Gasteiger partial charge in [-0.1, -0.05) is 30.4 Å². The highest BCUT2D eigenvalue weighted by Crippen LogP contribution is 2.31. The van der Waals surface area contributed by atoms with Crippen LogP contribution >= 0.6 is 0 Å². The molecule has 1 unspecified atom stereocenters. The Morgan fingerprint density at radius 1 is 1.07 bits per heavy atom. The van der Waals surface area contributed by atoms with Crippen LogP contribution in [0.5, 0.6) is 11.5 Å². The lowest BCUT2D eigenvalue weighted by atomic mass is 10.0. The number of carbonyl (C=O) groups is 4. The average molecular weight is 557 g/mol. The minimum absolute atomic E-state index is 0.0609. The summed E-state index contributed by atoms with van der Waals surface area (Å²) >= 11 is 0. The van der Waals surface area contributed by atoms with Gasteiger partial charge in [0, 0.05) is 18.4 Å². The number of nitrogens with zero attached hydrogens (tertiary/aromatic N) is 1. The molecule has 0 aromatic heterocycles. The fourth-order valence-corrected chi connectivity index (χ4v) is 4.11. The van der Waals surface area contributed by atoms with Gasteiger partial charge in [0.1, 0.15) is 17.5 Å². The van der Waals surface area contributed by atoms with Gasteiger partial charge >= 0.3 is 11.9 Å². The molecule has 0 saturated carbocycles. The first kappa shape index (κ1) is 30.3. The SMILES string of the molecule is CCOC(=O)CC/C=C/COCC1(F)C[C@H](C(=O)O)N(C(=O)CNC(=O)c2ccc(Oc3ccccc3)cc2)C1. The Balaban J connectivity index is 1.46. The van der Waals surface area contributed by atoms with E-state index in [0.717, 1.165) is 4.90 Å². The number of alkyl halides is 1. The molecule has 40 heavy (non-hydrogen) atoms. The summed E-state index contributed by atoms with van der Waals surface area (Å²) < 4.78 is 31.2. The summed E-state index contributed by atoms with van der Waals surface area (Å²) in [6.07, 6.45) is 3.57. The smallest absolute Gasteiger partial charge is 0.326 e. The second-order valence-electron chi connectivity index (χ2n) is 9.18. The second kappa shape index (κ2) is 14.8. The normalized spacial score (nSPS) is 18.4. The standard InChI is InChI=1S/C29H33FN2O8/c1-2-39-26(34)11-7-4-8-16-38-20-29(30)17-24(28(36)37)32(19-29)25(33)18-31-27(35)21-12-14-23(15-13-21)40-22-9-5-3-6-10-22/h3-6,8-10,12-15,24H,2,7,11,16-20H2,1H3,(H,31,35)(H,36,37)/b8-4+/t24-,29?/m1/s1. The lowest BCUT2D eigenvalue weighted by Gasteiger charge is -2.22. The third-order valence-electron chi connectivity index (χ3n) is 6.05. The molecule has 3 rings (SSSR count). The van der Waals surface area contributed by atoms with Gasteiger partial charge in [-0.15, -0.1) is 0 Å². The average Bonchev–Trinajstić information content (AvgIpc) is 3.30. The zero-order chi connectivity index (χ0) is 29.0. The fourth-order valence-electron chi connectivity index (χ4n) is 4.11. The Labute approximate surface area is 231 Å². The van der Waals surface area contributed by atoms with Gasteiger partial charge in [0.05, 0.1) is 32.9 Å². The number of amides is 2. The minimum Gasteiger partial charge on any atom is -0.480 e. The number of aliphatic carboxylic acids is 1. The first-order valence-corrected chi connectivity index (χ1v) is 12.9. The highest BCUT2D eigenvalue weighted by molar-refractivity contribution is 5.97. The first-order valence-electron chi connectivity index (χ1n) is 12.9. The third kappa shape index (κ3) is 9.19. The van der Waals surface area contributed by atoms with Gasteiger partial charge in [-0.25, -0.2) is 9.18 Å². The van der Waals surface area contributed by atoms with Gasteiger partial charge < -0.3 is 29.5 Å². The highest BCUT2D eigenvalue weighted by atomic mass is 19.1. The lowest BCUT2D eigenvalue weighted by molar-refractivity contribution is -0.147. The maximum atomic E-state index is 15.4. The lowest BCUT2D eigenvalue weighted by Crippen LogP contribution is -2.46. The monoisotopic (exact) mass is 556 g/mol. The van der Waals surface area contributed by atoms with Gasteiger partial charge in [-0.2, -0.15) is 0 Å². The fraction of sp³-hybridized carbons (Fsp3) is 0.379. The van der Waals surface area contributed by atoms with Crippen molar-refractivity contribution in [1.29, 1.82) is 0 Å². The summed E-state index contributed by atoms with van der Waals surface area (Å²) in [6, 6.07) is 14.0.